The minimum absolute atomic E-state index is 0.903. The van der Waals surface area contributed by atoms with Gasteiger partial charge in [0.05, 0.1) is 11.2 Å². The number of pyridine rings is 1. The molecule has 0 unspecified atom stereocenters. The molecule has 0 bridgehead atoms. The van der Waals surface area contributed by atoms with Crippen molar-refractivity contribution in [2.75, 3.05) is 7.05 Å². The molecular weight excluding hydrogens is 162 g/mol. The predicted molar refractivity (Wildman–Crippen MR) is 52.7 cm³/mol. The summed E-state index contributed by atoms with van der Waals surface area (Å²) in [6, 6.07) is 6.31. The van der Waals surface area contributed by atoms with Gasteiger partial charge in [0.1, 0.15) is 0 Å². The van der Waals surface area contributed by atoms with Crippen LogP contribution >= 0.6 is 0 Å². The van der Waals surface area contributed by atoms with E-state index in [0.717, 1.165) is 17.8 Å². The van der Waals surface area contributed by atoms with Crippen LogP contribution in [0.15, 0.2) is 24.4 Å². The van der Waals surface area contributed by atoms with E-state index in [1.165, 1.54) is 5.56 Å². The SMILES string of the molecule is CNCc1ccn2nc(C)cc2c1. The zero-order valence-corrected chi connectivity index (χ0v) is 7.91. The number of rotatable bonds is 2. The molecule has 0 aliphatic rings. The number of fused-ring (bicyclic) bond motifs is 1. The van der Waals surface area contributed by atoms with E-state index in [1.807, 2.05) is 24.7 Å². The molecule has 2 aromatic rings. The maximum Gasteiger partial charge on any atom is 0.0667 e. The van der Waals surface area contributed by atoms with E-state index in [2.05, 4.69) is 28.6 Å². The summed E-state index contributed by atoms with van der Waals surface area (Å²) in [6.07, 6.45) is 2.00. The Balaban J connectivity index is 2.48. The maximum absolute atomic E-state index is 4.31. The predicted octanol–water partition coefficient (Wildman–Crippen LogP) is 1.36. The van der Waals surface area contributed by atoms with Gasteiger partial charge >= 0.3 is 0 Å². The number of nitrogens with zero attached hydrogens (tertiary/aromatic N) is 2. The van der Waals surface area contributed by atoms with E-state index in [-0.39, 0.29) is 0 Å². The van der Waals surface area contributed by atoms with Crippen molar-refractivity contribution in [3.05, 3.63) is 35.7 Å². The zero-order valence-electron chi connectivity index (χ0n) is 7.91. The standard InChI is InChI=1S/C10H13N3/c1-8-5-10-6-9(7-11-2)3-4-13(10)12-8/h3-6,11H,7H2,1-2H3. The first-order chi connectivity index (χ1) is 6.29. The molecule has 3 nitrogen and oxygen atoms in total. The molecule has 2 heterocycles. The molecule has 0 radical (unpaired) electrons. The fourth-order valence-corrected chi connectivity index (χ4v) is 1.48. The first-order valence-corrected chi connectivity index (χ1v) is 4.39. The third-order valence-corrected chi connectivity index (χ3v) is 2.03. The van der Waals surface area contributed by atoms with Crippen LogP contribution in [0, 0.1) is 6.92 Å². The molecule has 0 fully saturated rings. The van der Waals surface area contributed by atoms with Gasteiger partial charge in [-0.25, -0.2) is 4.52 Å². The molecular formula is C10H13N3. The largest absolute Gasteiger partial charge is 0.316 e. The number of aryl methyl sites for hydroxylation is 1. The van der Waals surface area contributed by atoms with Gasteiger partial charge in [-0.3, -0.25) is 0 Å². The van der Waals surface area contributed by atoms with E-state index in [0.29, 0.717) is 0 Å². The Morgan fingerprint density at radius 3 is 3.08 bits per heavy atom. The Hall–Kier alpha value is -1.35. The second-order valence-electron chi connectivity index (χ2n) is 3.22. The van der Waals surface area contributed by atoms with Crippen LogP contribution < -0.4 is 5.32 Å². The summed E-state index contributed by atoms with van der Waals surface area (Å²) in [5.41, 5.74) is 3.50. The lowest BCUT2D eigenvalue weighted by molar-refractivity contribution is 0.813. The number of hydrogen-bond acceptors (Lipinski definition) is 2. The van der Waals surface area contributed by atoms with Crippen molar-refractivity contribution in [1.82, 2.24) is 14.9 Å². The van der Waals surface area contributed by atoms with Gasteiger partial charge in [0.2, 0.25) is 0 Å². The lowest BCUT2D eigenvalue weighted by atomic mass is 10.2. The highest BCUT2D eigenvalue weighted by Crippen LogP contribution is 2.08. The average Bonchev–Trinajstić information content (AvgIpc) is 2.44. The number of nitrogens with one attached hydrogen (secondary N) is 1. The topological polar surface area (TPSA) is 29.3 Å². The van der Waals surface area contributed by atoms with Crippen molar-refractivity contribution in [3.8, 4) is 0 Å². The summed E-state index contributed by atoms with van der Waals surface area (Å²) in [5, 5.41) is 7.44. The Morgan fingerprint density at radius 2 is 2.31 bits per heavy atom. The van der Waals surface area contributed by atoms with Gasteiger partial charge in [0.25, 0.3) is 0 Å². The first kappa shape index (κ1) is 8.26. The van der Waals surface area contributed by atoms with E-state index in [4.69, 9.17) is 0 Å². The monoisotopic (exact) mass is 175 g/mol. The van der Waals surface area contributed by atoms with Gasteiger partial charge in [-0.1, -0.05) is 0 Å². The second kappa shape index (κ2) is 3.18. The summed E-state index contributed by atoms with van der Waals surface area (Å²) < 4.78 is 1.90. The van der Waals surface area contributed by atoms with E-state index in [1.54, 1.807) is 0 Å². The second-order valence-corrected chi connectivity index (χ2v) is 3.22. The normalized spacial score (nSPS) is 10.9. The molecule has 2 aromatic heterocycles. The van der Waals surface area contributed by atoms with Gasteiger partial charge in [-0.2, -0.15) is 5.10 Å². The Bertz CT molecular complexity index is 417. The van der Waals surface area contributed by atoms with Crippen molar-refractivity contribution < 1.29 is 0 Å². The molecule has 0 atom stereocenters. The molecule has 3 heteroatoms. The quantitative estimate of drug-likeness (QED) is 0.746. The minimum atomic E-state index is 0.903. The molecule has 0 aliphatic heterocycles. The molecule has 1 N–H and O–H groups in total. The van der Waals surface area contributed by atoms with E-state index < -0.39 is 0 Å². The number of aromatic nitrogens is 2. The summed E-state index contributed by atoms with van der Waals surface area (Å²) in [7, 11) is 1.95. The molecule has 0 aliphatic carbocycles. The fourth-order valence-electron chi connectivity index (χ4n) is 1.48. The smallest absolute Gasteiger partial charge is 0.0667 e. The highest BCUT2D eigenvalue weighted by atomic mass is 15.2. The molecule has 0 saturated heterocycles. The number of hydrogen-bond donors (Lipinski definition) is 1. The summed E-state index contributed by atoms with van der Waals surface area (Å²) in [4.78, 5) is 0. The summed E-state index contributed by atoms with van der Waals surface area (Å²) in [6.45, 7) is 2.91. The average molecular weight is 175 g/mol. The maximum atomic E-state index is 4.31. The summed E-state index contributed by atoms with van der Waals surface area (Å²) >= 11 is 0. The van der Waals surface area contributed by atoms with Crippen LogP contribution in [0.1, 0.15) is 11.3 Å². The Kier molecular flexibility index (Phi) is 2.02. The van der Waals surface area contributed by atoms with E-state index in [9.17, 15) is 0 Å². The molecule has 0 saturated carbocycles. The first-order valence-electron chi connectivity index (χ1n) is 4.39. The van der Waals surface area contributed by atoms with Crippen molar-refractivity contribution in [1.29, 1.82) is 0 Å². The van der Waals surface area contributed by atoms with Crippen LogP contribution in [0.5, 0.6) is 0 Å². The minimum Gasteiger partial charge on any atom is -0.316 e. The third-order valence-electron chi connectivity index (χ3n) is 2.03. The molecule has 68 valence electrons. The van der Waals surface area contributed by atoms with Crippen LogP contribution in [0.2, 0.25) is 0 Å². The molecule has 2 rings (SSSR count). The van der Waals surface area contributed by atoms with Crippen LogP contribution in [0.3, 0.4) is 0 Å². The Labute approximate surface area is 77.4 Å². The third kappa shape index (κ3) is 1.55. The lowest BCUT2D eigenvalue weighted by Crippen LogP contribution is -2.05. The van der Waals surface area contributed by atoms with Crippen LogP contribution in [-0.4, -0.2) is 16.7 Å². The lowest BCUT2D eigenvalue weighted by Gasteiger charge is -1.99. The molecule has 0 aromatic carbocycles. The zero-order chi connectivity index (χ0) is 9.26. The van der Waals surface area contributed by atoms with Gasteiger partial charge in [-0.05, 0) is 37.7 Å². The Morgan fingerprint density at radius 1 is 1.46 bits per heavy atom. The van der Waals surface area contributed by atoms with Crippen molar-refractivity contribution >= 4 is 5.52 Å². The van der Waals surface area contributed by atoms with Crippen molar-refractivity contribution in [2.24, 2.45) is 0 Å². The van der Waals surface area contributed by atoms with Crippen LogP contribution in [0.4, 0.5) is 0 Å². The highest BCUT2D eigenvalue weighted by Gasteiger charge is 1.97. The molecule has 13 heavy (non-hydrogen) atoms. The van der Waals surface area contributed by atoms with Crippen LogP contribution in [0.25, 0.3) is 5.52 Å². The van der Waals surface area contributed by atoms with E-state index >= 15 is 0 Å². The molecule has 0 spiro atoms. The summed E-state index contributed by atoms with van der Waals surface area (Å²) in [5.74, 6) is 0. The van der Waals surface area contributed by atoms with Crippen molar-refractivity contribution in [3.63, 3.8) is 0 Å². The highest BCUT2D eigenvalue weighted by molar-refractivity contribution is 5.49. The fraction of sp³-hybridized carbons (Fsp3) is 0.300. The van der Waals surface area contributed by atoms with Crippen LogP contribution in [-0.2, 0) is 6.54 Å². The van der Waals surface area contributed by atoms with Gasteiger partial charge in [-0.15, -0.1) is 0 Å². The van der Waals surface area contributed by atoms with Crippen molar-refractivity contribution in [2.45, 2.75) is 13.5 Å². The van der Waals surface area contributed by atoms with Gasteiger partial charge in [0.15, 0.2) is 0 Å². The van der Waals surface area contributed by atoms with Gasteiger partial charge < -0.3 is 5.32 Å². The van der Waals surface area contributed by atoms with Gasteiger partial charge in [0, 0.05) is 12.7 Å². The molecule has 0 amide bonds.